The highest BCUT2D eigenvalue weighted by molar-refractivity contribution is 5.43. The van der Waals surface area contributed by atoms with Gasteiger partial charge in [-0.2, -0.15) is 10.5 Å². The fourth-order valence-electron chi connectivity index (χ4n) is 1.27. The molecule has 1 heterocycles. The van der Waals surface area contributed by atoms with Crippen LogP contribution in [-0.4, -0.2) is 9.67 Å². The van der Waals surface area contributed by atoms with E-state index in [0.717, 1.165) is 4.57 Å². The lowest BCUT2D eigenvalue weighted by Crippen LogP contribution is -2.20. The van der Waals surface area contributed by atoms with Crippen LogP contribution in [0.25, 0.3) is 0 Å². The molecular weight excluding hydrogens is 194 g/mol. The van der Waals surface area contributed by atoms with Crippen LogP contribution >= 0.6 is 0 Å². The van der Waals surface area contributed by atoms with Gasteiger partial charge >= 0.3 is 0 Å². The van der Waals surface area contributed by atoms with E-state index in [2.05, 4.69) is 0 Å². The molecule has 0 saturated carbocycles. The first-order valence-corrected chi connectivity index (χ1v) is 4.32. The third kappa shape index (κ3) is 1.97. The second-order valence-electron chi connectivity index (χ2n) is 3.04. The number of aromatic hydroxyl groups is 1. The van der Waals surface area contributed by atoms with Crippen molar-refractivity contribution >= 4 is 0 Å². The lowest BCUT2D eigenvalue weighted by molar-refractivity contribution is 0.405. The van der Waals surface area contributed by atoms with Gasteiger partial charge in [-0.15, -0.1) is 0 Å². The van der Waals surface area contributed by atoms with Crippen LogP contribution < -0.4 is 5.56 Å². The Hall–Kier alpha value is -2.27. The molecule has 15 heavy (non-hydrogen) atoms. The molecule has 0 aliphatic heterocycles. The van der Waals surface area contributed by atoms with Crippen molar-refractivity contribution in [3.63, 3.8) is 0 Å². The zero-order chi connectivity index (χ0) is 11.4. The Balaban J connectivity index is 3.36. The molecule has 0 aliphatic rings. The summed E-state index contributed by atoms with van der Waals surface area (Å²) >= 11 is 0. The highest BCUT2D eigenvalue weighted by atomic mass is 16.3. The molecule has 0 unspecified atom stereocenters. The van der Waals surface area contributed by atoms with Crippen LogP contribution in [0.3, 0.4) is 0 Å². The lowest BCUT2D eigenvalue weighted by Gasteiger charge is -2.08. The summed E-state index contributed by atoms with van der Waals surface area (Å²) < 4.78 is 1.02. The van der Waals surface area contributed by atoms with Gasteiger partial charge in [-0.1, -0.05) is 0 Å². The van der Waals surface area contributed by atoms with Crippen molar-refractivity contribution in [1.82, 2.24) is 4.57 Å². The molecule has 0 bridgehead atoms. The quantitative estimate of drug-likeness (QED) is 0.763. The van der Waals surface area contributed by atoms with Gasteiger partial charge in [-0.3, -0.25) is 9.36 Å². The monoisotopic (exact) mass is 203 g/mol. The normalized spacial score (nSPS) is 9.27. The van der Waals surface area contributed by atoms with E-state index in [0.29, 0.717) is 5.56 Å². The van der Waals surface area contributed by atoms with Crippen molar-refractivity contribution in [3.05, 3.63) is 27.5 Å². The largest absolute Gasteiger partial charge is 0.493 e. The Morgan fingerprint density at radius 1 is 1.53 bits per heavy atom. The standard InChI is InChI=1S/C10H9N3O2/c1-7-5-9(14)13(4-2-3-11)10(15)8(7)6-12/h5,15H,2,4H2,1H3. The molecule has 1 aromatic heterocycles. The molecule has 0 saturated heterocycles. The van der Waals surface area contributed by atoms with Crippen LogP contribution in [0.2, 0.25) is 0 Å². The summed E-state index contributed by atoms with van der Waals surface area (Å²) in [6, 6.07) is 4.96. The predicted molar refractivity (Wildman–Crippen MR) is 52.0 cm³/mol. The van der Waals surface area contributed by atoms with E-state index in [1.165, 1.54) is 6.07 Å². The summed E-state index contributed by atoms with van der Waals surface area (Å²) in [5, 5.41) is 26.7. The zero-order valence-electron chi connectivity index (χ0n) is 8.19. The number of aryl methyl sites for hydroxylation is 1. The summed E-state index contributed by atoms with van der Waals surface area (Å²) in [7, 11) is 0. The molecule has 0 aliphatic carbocycles. The summed E-state index contributed by atoms with van der Waals surface area (Å²) in [4.78, 5) is 11.4. The van der Waals surface area contributed by atoms with Crippen molar-refractivity contribution in [1.29, 1.82) is 10.5 Å². The number of hydrogen-bond donors (Lipinski definition) is 1. The van der Waals surface area contributed by atoms with Crippen LogP contribution in [0.5, 0.6) is 5.88 Å². The summed E-state index contributed by atoms with van der Waals surface area (Å²) in [6.45, 7) is 1.67. The molecule has 1 aromatic rings. The van der Waals surface area contributed by atoms with E-state index in [1.807, 2.05) is 12.1 Å². The lowest BCUT2D eigenvalue weighted by atomic mass is 10.1. The fourth-order valence-corrected chi connectivity index (χ4v) is 1.27. The molecule has 5 heteroatoms. The highest BCUT2D eigenvalue weighted by Gasteiger charge is 2.11. The van der Waals surface area contributed by atoms with Crippen molar-refractivity contribution in [2.75, 3.05) is 0 Å². The van der Waals surface area contributed by atoms with Crippen LogP contribution in [0, 0.1) is 29.6 Å². The van der Waals surface area contributed by atoms with E-state index in [1.54, 1.807) is 6.92 Å². The average Bonchev–Trinajstić information content (AvgIpc) is 2.17. The number of nitrogens with zero attached hydrogens (tertiary/aromatic N) is 3. The molecule has 1 N–H and O–H groups in total. The second kappa shape index (κ2) is 4.30. The van der Waals surface area contributed by atoms with Crippen LogP contribution in [0.1, 0.15) is 17.5 Å². The van der Waals surface area contributed by atoms with Crippen molar-refractivity contribution in [3.8, 4) is 18.0 Å². The minimum atomic E-state index is -0.403. The number of rotatable bonds is 2. The van der Waals surface area contributed by atoms with E-state index < -0.39 is 5.56 Å². The van der Waals surface area contributed by atoms with Gasteiger partial charge in [0.2, 0.25) is 5.88 Å². The summed E-state index contributed by atoms with van der Waals surface area (Å²) in [6.07, 6.45) is 0.112. The Morgan fingerprint density at radius 3 is 2.73 bits per heavy atom. The predicted octanol–water partition coefficient (Wildman–Crippen LogP) is 0.648. The summed E-state index contributed by atoms with van der Waals surface area (Å²) in [5.74, 6) is -0.363. The Labute approximate surface area is 86.4 Å². The van der Waals surface area contributed by atoms with E-state index in [-0.39, 0.29) is 24.4 Å². The maximum atomic E-state index is 11.4. The van der Waals surface area contributed by atoms with Gasteiger partial charge in [0.15, 0.2) is 0 Å². The molecular formula is C10H9N3O2. The summed E-state index contributed by atoms with van der Waals surface area (Å²) in [5.41, 5.74) is 0.111. The molecule has 76 valence electrons. The van der Waals surface area contributed by atoms with E-state index in [4.69, 9.17) is 10.5 Å². The minimum Gasteiger partial charge on any atom is -0.493 e. The Morgan fingerprint density at radius 2 is 2.20 bits per heavy atom. The highest BCUT2D eigenvalue weighted by Crippen LogP contribution is 2.17. The van der Waals surface area contributed by atoms with Crippen LogP contribution in [-0.2, 0) is 6.54 Å². The minimum absolute atomic E-state index is 0.0764. The number of aromatic nitrogens is 1. The molecule has 0 spiro atoms. The van der Waals surface area contributed by atoms with Gasteiger partial charge in [0.1, 0.15) is 11.6 Å². The van der Waals surface area contributed by atoms with E-state index >= 15 is 0 Å². The second-order valence-corrected chi connectivity index (χ2v) is 3.04. The van der Waals surface area contributed by atoms with E-state index in [9.17, 15) is 9.90 Å². The van der Waals surface area contributed by atoms with Crippen molar-refractivity contribution < 1.29 is 5.11 Å². The first kappa shape index (κ1) is 10.8. The van der Waals surface area contributed by atoms with Gasteiger partial charge < -0.3 is 5.11 Å². The van der Waals surface area contributed by atoms with Gasteiger partial charge in [0, 0.05) is 12.6 Å². The smallest absolute Gasteiger partial charge is 0.253 e. The molecule has 0 amide bonds. The Kier molecular flexibility index (Phi) is 3.10. The SMILES string of the molecule is Cc1cc(=O)n(CCC#N)c(O)c1C#N. The van der Waals surface area contributed by atoms with Gasteiger partial charge in [0.25, 0.3) is 5.56 Å². The molecule has 0 atom stereocenters. The topological polar surface area (TPSA) is 89.8 Å². The molecule has 1 rings (SSSR count). The van der Waals surface area contributed by atoms with Crippen molar-refractivity contribution in [2.24, 2.45) is 0 Å². The number of nitriles is 2. The third-order valence-corrected chi connectivity index (χ3v) is 2.04. The third-order valence-electron chi connectivity index (χ3n) is 2.04. The van der Waals surface area contributed by atoms with Gasteiger partial charge in [-0.05, 0) is 12.5 Å². The molecule has 0 fully saturated rings. The Bertz CT molecular complexity index is 517. The fraction of sp³-hybridized carbons (Fsp3) is 0.300. The molecule has 0 aromatic carbocycles. The van der Waals surface area contributed by atoms with Crippen molar-refractivity contribution in [2.45, 2.75) is 19.9 Å². The van der Waals surface area contributed by atoms with Crippen LogP contribution in [0.4, 0.5) is 0 Å². The maximum absolute atomic E-state index is 11.4. The van der Waals surface area contributed by atoms with Gasteiger partial charge in [-0.25, -0.2) is 0 Å². The first-order chi connectivity index (χ1) is 7.11. The maximum Gasteiger partial charge on any atom is 0.253 e. The average molecular weight is 203 g/mol. The first-order valence-electron chi connectivity index (χ1n) is 4.32. The zero-order valence-corrected chi connectivity index (χ0v) is 8.19. The molecule has 0 radical (unpaired) electrons. The van der Waals surface area contributed by atoms with Gasteiger partial charge in [0.05, 0.1) is 12.5 Å². The number of hydrogen-bond acceptors (Lipinski definition) is 4. The molecule has 5 nitrogen and oxygen atoms in total. The van der Waals surface area contributed by atoms with Crippen LogP contribution in [0.15, 0.2) is 10.9 Å². The number of pyridine rings is 1.